The van der Waals surface area contributed by atoms with Crippen LogP contribution in [0.5, 0.6) is 0 Å². The van der Waals surface area contributed by atoms with Crippen LogP contribution < -0.4 is 0 Å². The fourth-order valence-electron chi connectivity index (χ4n) is 1.90. The molecular weight excluding hydrogens is 282 g/mol. The minimum absolute atomic E-state index is 0.195. The quantitative estimate of drug-likeness (QED) is 0.630. The van der Waals surface area contributed by atoms with Crippen LogP contribution in [-0.2, 0) is 16.1 Å². The van der Waals surface area contributed by atoms with Gasteiger partial charge in [-0.05, 0) is 11.1 Å². The van der Waals surface area contributed by atoms with E-state index in [9.17, 15) is 4.79 Å². The Bertz CT molecular complexity index is 360. The third kappa shape index (κ3) is 3.63. The molecule has 17 heavy (non-hydrogen) atoms. The van der Waals surface area contributed by atoms with Crippen LogP contribution in [0, 0.1) is 0 Å². The van der Waals surface area contributed by atoms with Gasteiger partial charge in [-0.3, -0.25) is 4.90 Å². The molecule has 0 spiro atoms. The van der Waals surface area contributed by atoms with Crippen molar-refractivity contribution in [1.82, 2.24) is 4.90 Å². The van der Waals surface area contributed by atoms with E-state index in [0.717, 1.165) is 44.7 Å². The number of alkyl halides is 1. The molecule has 3 nitrogen and oxygen atoms in total. The summed E-state index contributed by atoms with van der Waals surface area (Å²) in [6, 6.07) is 8.18. The van der Waals surface area contributed by atoms with Crippen LogP contribution >= 0.6 is 15.9 Å². The summed E-state index contributed by atoms with van der Waals surface area (Å²) in [5.41, 5.74) is 2.28. The van der Waals surface area contributed by atoms with Crippen molar-refractivity contribution < 1.29 is 9.53 Å². The van der Waals surface area contributed by atoms with Crippen molar-refractivity contribution in [2.45, 2.75) is 11.4 Å². The van der Waals surface area contributed by atoms with E-state index in [0.29, 0.717) is 0 Å². The lowest BCUT2D eigenvalue weighted by atomic mass is 10.1. The number of benzene rings is 1. The first-order valence-electron chi connectivity index (χ1n) is 5.78. The van der Waals surface area contributed by atoms with Gasteiger partial charge in [-0.1, -0.05) is 40.2 Å². The zero-order valence-electron chi connectivity index (χ0n) is 9.64. The number of morpholine rings is 1. The van der Waals surface area contributed by atoms with Gasteiger partial charge in [0.2, 0.25) is 0 Å². The van der Waals surface area contributed by atoms with Gasteiger partial charge in [-0.15, -0.1) is 0 Å². The van der Waals surface area contributed by atoms with E-state index >= 15 is 0 Å². The lowest BCUT2D eigenvalue weighted by molar-refractivity contribution is -0.107. The zero-order valence-corrected chi connectivity index (χ0v) is 11.2. The van der Waals surface area contributed by atoms with Crippen LogP contribution in [-0.4, -0.2) is 37.5 Å². The van der Waals surface area contributed by atoms with Gasteiger partial charge in [-0.25, -0.2) is 0 Å². The first kappa shape index (κ1) is 12.7. The third-order valence-electron chi connectivity index (χ3n) is 2.93. The molecule has 0 saturated carbocycles. The molecule has 0 radical (unpaired) electrons. The molecule has 0 aromatic heterocycles. The van der Waals surface area contributed by atoms with Crippen molar-refractivity contribution in [2.24, 2.45) is 0 Å². The number of carbonyl (C=O) groups is 1. The number of aldehydes is 1. The first-order chi connectivity index (χ1) is 8.29. The molecule has 1 aliphatic heterocycles. The first-order valence-corrected chi connectivity index (χ1v) is 6.69. The van der Waals surface area contributed by atoms with Crippen LogP contribution in [0.15, 0.2) is 24.3 Å². The summed E-state index contributed by atoms with van der Waals surface area (Å²) in [7, 11) is 0. The van der Waals surface area contributed by atoms with Gasteiger partial charge in [-0.2, -0.15) is 0 Å². The molecule has 1 unspecified atom stereocenters. The topological polar surface area (TPSA) is 29.5 Å². The van der Waals surface area contributed by atoms with E-state index in [2.05, 4.69) is 33.0 Å². The summed E-state index contributed by atoms with van der Waals surface area (Å²) in [4.78, 5) is 12.8. The maximum atomic E-state index is 10.6. The minimum atomic E-state index is -0.195. The van der Waals surface area contributed by atoms with Gasteiger partial charge in [0, 0.05) is 19.6 Å². The number of hydrogen-bond acceptors (Lipinski definition) is 3. The molecule has 0 N–H and O–H groups in total. The van der Waals surface area contributed by atoms with E-state index in [1.54, 1.807) is 0 Å². The Morgan fingerprint density at radius 3 is 2.53 bits per heavy atom. The lowest BCUT2D eigenvalue weighted by Gasteiger charge is -2.26. The van der Waals surface area contributed by atoms with E-state index in [1.165, 1.54) is 5.56 Å². The largest absolute Gasteiger partial charge is 0.379 e. The second kappa shape index (κ2) is 6.28. The number of hydrogen-bond donors (Lipinski definition) is 0. The fourth-order valence-corrected chi connectivity index (χ4v) is 2.21. The second-order valence-corrected chi connectivity index (χ2v) is 5.15. The van der Waals surface area contributed by atoms with Crippen molar-refractivity contribution in [3.05, 3.63) is 35.4 Å². The van der Waals surface area contributed by atoms with Gasteiger partial charge in [0.1, 0.15) is 6.29 Å². The Morgan fingerprint density at radius 2 is 1.94 bits per heavy atom. The van der Waals surface area contributed by atoms with Gasteiger partial charge < -0.3 is 9.53 Å². The molecule has 2 rings (SSSR count). The van der Waals surface area contributed by atoms with Gasteiger partial charge in [0.15, 0.2) is 0 Å². The highest BCUT2D eigenvalue weighted by Crippen LogP contribution is 2.20. The number of rotatable bonds is 4. The van der Waals surface area contributed by atoms with Crippen LogP contribution in [0.1, 0.15) is 16.0 Å². The van der Waals surface area contributed by atoms with Crippen molar-refractivity contribution in [2.75, 3.05) is 26.3 Å². The molecule has 0 aliphatic carbocycles. The van der Waals surface area contributed by atoms with Gasteiger partial charge in [0.25, 0.3) is 0 Å². The molecule has 92 valence electrons. The molecule has 1 atom stereocenters. The molecule has 1 aliphatic rings. The molecule has 1 heterocycles. The van der Waals surface area contributed by atoms with Crippen molar-refractivity contribution in [1.29, 1.82) is 0 Å². The van der Waals surface area contributed by atoms with Gasteiger partial charge in [0.05, 0.1) is 18.0 Å². The Labute approximate surface area is 110 Å². The highest BCUT2D eigenvalue weighted by molar-refractivity contribution is 9.09. The summed E-state index contributed by atoms with van der Waals surface area (Å²) in [5, 5.41) is 0. The van der Waals surface area contributed by atoms with Gasteiger partial charge >= 0.3 is 0 Å². The highest BCUT2D eigenvalue weighted by atomic mass is 79.9. The van der Waals surface area contributed by atoms with E-state index < -0.39 is 0 Å². The predicted octanol–water partition coefficient (Wildman–Crippen LogP) is 2.15. The Kier molecular flexibility index (Phi) is 4.71. The Hall–Kier alpha value is -0.710. The van der Waals surface area contributed by atoms with Crippen LogP contribution in [0.3, 0.4) is 0 Å². The number of nitrogens with zero attached hydrogens (tertiary/aromatic N) is 1. The average molecular weight is 298 g/mol. The standard InChI is InChI=1S/C13H16BrNO2/c14-13(10-16)12-3-1-11(2-4-12)9-15-5-7-17-8-6-15/h1-4,10,13H,5-9H2. The summed E-state index contributed by atoms with van der Waals surface area (Å²) in [6.07, 6.45) is 0.900. The van der Waals surface area contributed by atoms with E-state index in [1.807, 2.05) is 12.1 Å². The second-order valence-electron chi connectivity index (χ2n) is 4.17. The number of ether oxygens (including phenoxy) is 1. The summed E-state index contributed by atoms with van der Waals surface area (Å²) < 4.78 is 5.32. The SMILES string of the molecule is O=CC(Br)c1ccc(CN2CCOCC2)cc1. The average Bonchev–Trinajstić information content (AvgIpc) is 2.40. The lowest BCUT2D eigenvalue weighted by Crippen LogP contribution is -2.35. The third-order valence-corrected chi connectivity index (χ3v) is 3.67. The van der Waals surface area contributed by atoms with Crippen molar-refractivity contribution >= 4 is 22.2 Å². The van der Waals surface area contributed by atoms with Crippen molar-refractivity contribution in [3.8, 4) is 0 Å². The molecule has 1 aromatic rings. The molecule has 1 saturated heterocycles. The van der Waals surface area contributed by atoms with Crippen LogP contribution in [0.4, 0.5) is 0 Å². The predicted molar refractivity (Wildman–Crippen MR) is 70.3 cm³/mol. The Morgan fingerprint density at radius 1 is 1.29 bits per heavy atom. The fraction of sp³-hybridized carbons (Fsp3) is 0.462. The smallest absolute Gasteiger partial charge is 0.138 e. The normalized spacial score (nSPS) is 18.9. The maximum Gasteiger partial charge on any atom is 0.138 e. The number of carbonyl (C=O) groups excluding carboxylic acids is 1. The molecular formula is C13H16BrNO2. The molecule has 4 heteroatoms. The van der Waals surface area contributed by atoms with Crippen molar-refractivity contribution in [3.63, 3.8) is 0 Å². The highest BCUT2D eigenvalue weighted by Gasteiger charge is 2.11. The molecule has 0 bridgehead atoms. The summed E-state index contributed by atoms with van der Waals surface area (Å²) >= 11 is 3.31. The van der Waals surface area contributed by atoms with E-state index in [-0.39, 0.29) is 4.83 Å². The number of halogens is 1. The monoisotopic (exact) mass is 297 g/mol. The summed E-state index contributed by atoms with van der Waals surface area (Å²) in [5.74, 6) is 0. The molecule has 1 aromatic carbocycles. The van der Waals surface area contributed by atoms with Crippen LogP contribution in [0.25, 0.3) is 0 Å². The minimum Gasteiger partial charge on any atom is -0.379 e. The Balaban J connectivity index is 1.95. The molecule has 1 fully saturated rings. The zero-order chi connectivity index (χ0) is 12.1. The van der Waals surface area contributed by atoms with E-state index in [4.69, 9.17) is 4.74 Å². The van der Waals surface area contributed by atoms with Crippen LogP contribution in [0.2, 0.25) is 0 Å². The summed E-state index contributed by atoms with van der Waals surface area (Å²) in [6.45, 7) is 4.60. The molecule has 0 amide bonds. The maximum absolute atomic E-state index is 10.6.